The van der Waals surface area contributed by atoms with Gasteiger partial charge in [0.15, 0.2) is 0 Å². The number of aliphatic carboxylic acids is 1. The number of benzene rings is 1. The molecule has 0 spiro atoms. The molecule has 156 valence electrons. The van der Waals surface area contributed by atoms with E-state index in [9.17, 15) is 19.5 Å². The highest BCUT2D eigenvalue weighted by atomic mass is 32.2. The van der Waals surface area contributed by atoms with Crippen molar-refractivity contribution in [3.8, 4) is 0 Å². The molecule has 2 aromatic rings. The quantitative estimate of drug-likeness (QED) is 0.684. The van der Waals surface area contributed by atoms with Crippen LogP contribution >= 0.6 is 11.8 Å². The molecule has 1 saturated carbocycles. The zero-order valence-corrected chi connectivity index (χ0v) is 17.4. The first-order valence-corrected chi connectivity index (χ1v) is 11.3. The van der Waals surface area contributed by atoms with Crippen molar-refractivity contribution in [3.63, 3.8) is 0 Å². The second kappa shape index (κ2) is 9.91. The number of rotatable bonds is 8. The van der Waals surface area contributed by atoms with E-state index in [-0.39, 0.29) is 17.4 Å². The van der Waals surface area contributed by atoms with Crippen molar-refractivity contribution in [2.45, 2.75) is 44.7 Å². The summed E-state index contributed by atoms with van der Waals surface area (Å²) in [4.78, 5) is 40.9. The Morgan fingerprint density at radius 1 is 1.28 bits per heavy atom. The van der Waals surface area contributed by atoms with E-state index in [1.807, 2.05) is 24.5 Å². The number of thioether (sulfide) groups is 1. The van der Waals surface area contributed by atoms with Crippen LogP contribution < -0.4 is 10.9 Å². The number of amides is 1. The molecule has 1 aliphatic rings. The van der Waals surface area contributed by atoms with Crippen LogP contribution in [-0.2, 0) is 16.1 Å². The fourth-order valence-corrected chi connectivity index (χ4v) is 4.38. The fraction of sp³-hybridized carbons (Fsp3) is 0.524. The van der Waals surface area contributed by atoms with E-state index in [1.165, 1.54) is 0 Å². The predicted molar refractivity (Wildman–Crippen MR) is 114 cm³/mol. The first-order chi connectivity index (χ1) is 14.0. The molecule has 1 amide bonds. The van der Waals surface area contributed by atoms with Crippen molar-refractivity contribution < 1.29 is 14.7 Å². The van der Waals surface area contributed by atoms with E-state index in [0.29, 0.717) is 48.4 Å². The van der Waals surface area contributed by atoms with Crippen LogP contribution in [0.4, 0.5) is 0 Å². The maximum Gasteiger partial charge on any atom is 0.326 e. The van der Waals surface area contributed by atoms with Crippen molar-refractivity contribution >= 4 is 34.5 Å². The summed E-state index contributed by atoms with van der Waals surface area (Å²) in [5, 5.41) is 12.6. The maximum absolute atomic E-state index is 12.6. The van der Waals surface area contributed by atoms with Gasteiger partial charge in [-0.3, -0.25) is 14.2 Å². The smallest absolute Gasteiger partial charge is 0.326 e. The summed E-state index contributed by atoms with van der Waals surface area (Å²) in [6, 6.07) is 6.49. The number of hydrogen-bond acceptors (Lipinski definition) is 5. The number of aromatic nitrogens is 2. The van der Waals surface area contributed by atoms with Crippen molar-refractivity contribution in [3.05, 3.63) is 40.9 Å². The number of nitrogens with one attached hydrogen (secondary N) is 1. The molecular weight excluding hydrogens is 390 g/mol. The van der Waals surface area contributed by atoms with E-state index in [4.69, 9.17) is 0 Å². The highest BCUT2D eigenvalue weighted by Crippen LogP contribution is 2.30. The van der Waals surface area contributed by atoms with Crippen LogP contribution in [0.2, 0.25) is 0 Å². The summed E-state index contributed by atoms with van der Waals surface area (Å²) in [6.45, 7) is 0.594. The number of carboxylic acids is 1. The van der Waals surface area contributed by atoms with Crippen LogP contribution in [0.25, 0.3) is 10.9 Å². The molecule has 1 unspecified atom stereocenters. The molecule has 2 N–H and O–H groups in total. The van der Waals surface area contributed by atoms with Crippen LogP contribution in [0.3, 0.4) is 0 Å². The van der Waals surface area contributed by atoms with Gasteiger partial charge in [0.25, 0.3) is 5.56 Å². The van der Waals surface area contributed by atoms with Gasteiger partial charge in [-0.1, -0.05) is 12.1 Å². The van der Waals surface area contributed by atoms with Gasteiger partial charge in [-0.25, -0.2) is 9.78 Å². The van der Waals surface area contributed by atoms with Gasteiger partial charge >= 0.3 is 5.97 Å². The van der Waals surface area contributed by atoms with Crippen molar-refractivity contribution in [1.82, 2.24) is 14.9 Å². The van der Waals surface area contributed by atoms with Gasteiger partial charge in [0.05, 0.1) is 17.2 Å². The third kappa shape index (κ3) is 5.38. The van der Waals surface area contributed by atoms with Gasteiger partial charge in [-0.2, -0.15) is 11.8 Å². The number of carbonyl (C=O) groups is 2. The minimum atomic E-state index is -0.982. The molecule has 1 atom stereocenters. The highest BCUT2D eigenvalue weighted by Gasteiger charge is 2.29. The van der Waals surface area contributed by atoms with Gasteiger partial charge < -0.3 is 10.4 Å². The summed E-state index contributed by atoms with van der Waals surface area (Å²) in [6.07, 6.45) is 7.03. The standard InChI is InChI=1S/C21H27N3O4S/c1-29-11-10-18(21(27)28)23-19(25)15-8-6-14(7-9-15)12-24-13-22-17-5-3-2-4-16(17)20(24)26/h2-5,13-15,18H,6-12H2,1H3,(H,23,25)(H,27,28). The first-order valence-electron chi connectivity index (χ1n) is 9.96. The SMILES string of the molecule is CSCCC(NC(=O)C1CCC(Cn2cnc3ccccc3c2=O)CC1)C(=O)O. The van der Waals surface area contributed by atoms with E-state index in [1.54, 1.807) is 28.7 Å². The Kier molecular flexibility index (Phi) is 7.30. The molecule has 7 nitrogen and oxygen atoms in total. The van der Waals surface area contributed by atoms with Crippen LogP contribution in [0, 0.1) is 11.8 Å². The van der Waals surface area contributed by atoms with Gasteiger partial charge in [-0.15, -0.1) is 0 Å². The molecule has 1 aromatic carbocycles. The Morgan fingerprint density at radius 3 is 2.69 bits per heavy atom. The zero-order valence-electron chi connectivity index (χ0n) is 16.5. The number of fused-ring (bicyclic) bond motifs is 1. The average Bonchev–Trinajstić information content (AvgIpc) is 2.73. The lowest BCUT2D eigenvalue weighted by Crippen LogP contribution is -2.44. The largest absolute Gasteiger partial charge is 0.480 e. The minimum Gasteiger partial charge on any atom is -0.480 e. The molecule has 3 rings (SSSR count). The molecule has 0 saturated heterocycles. The summed E-state index contributed by atoms with van der Waals surface area (Å²) < 4.78 is 1.66. The van der Waals surface area contributed by atoms with Gasteiger partial charge in [-0.05, 0) is 62.2 Å². The summed E-state index contributed by atoms with van der Waals surface area (Å²) >= 11 is 1.57. The highest BCUT2D eigenvalue weighted by molar-refractivity contribution is 7.98. The average molecular weight is 418 g/mol. The third-order valence-electron chi connectivity index (χ3n) is 5.63. The van der Waals surface area contributed by atoms with Gasteiger partial charge in [0.2, 0.25) is 5.91 Å². The van der Waals surface area contributed by atoms with Crippen molar-refractivity contribution in [1.29, 1.82) is 0 Å². The van der Waals surface area contributed by atoms with E-state index >= 15 is 0 Å². The lowest BCUT2D eigenvalue weighted by molar-refractivity contribution is -0.142. The minimum absolute atomic E-state index is 0.0337. The Morgan fingerprint density at radius 2 is 2.00 bits per heavy atom. The molecular formula is C21H27N3O4S. The van der Waals surface area contributed by atoms with Crippen molar-refractivity contribution in [2.75, 3.05) is 12.0 Å². The Labute approximate surface area is 173 Å². The molecule has 29 heavy (non-hydrogen) atoms. The second-order valence-corrected chi connectivity index (χ2v) is 8.60. The predicted octanol–water partition coefficient (Wildman–Crippen LogP) is 2.53. The van der Waals surface area contributed by atoms with E-state index in [0.717, 1.165) is 12.8 Å². The fourth-order valence-electron chi connectivity index (χ4n) is 3.90. The van der Waals surface area contributed by atoms with Crippen LogP contribution in [0.15, 0.2) is 35.4 Å². The Balaban J connectivity index is 1.55. The molecule has 1 fully saturated rings. The van der Waals surface area contributed by atoms with Crippen molar-refractivity contribution in [2.24, 2.45) is 11.8 Å². The number of para-hydroxylation sites is 1. The molecule has 0 bridgehead atoms. The molecule has 1 heterocycles. The summed E-state index contributed by atoms with van der Waals surface area (Å²) in [5.74, 6) is -0.301. The number of hydrogen-bond donors (Lipinski definition) is 2. The van der Waals surface area contributed by atoms with Crippen LogP contribution in [0.1, 0.15) is 32.1 Å². The molecule has 0 radical (unpaired) electrons. The van der Waals surface area contributed by atoms with E-state index in [2.05, 4.69) is 10.3 Å². The normalized spacial score (nSPS) is 20.3. The lowest BCUT2D eigenvalue weighted by atomic mass is 9.81. The number of carboxylic acid groups (broad SMARTS) is 1. The van der Waals surface area contributed by atoms with Gasteiger partial charge in [0, 0.05) is 12.5 Å². The first kappa shape index (κ1) is 21.4. The molecule has 0 aliphatic heterocycles. The maximum atomic E-state index is 12.6. The van der Waals surface area contributed by atoms with Crippen LogP contribution in [-0.4, -0.2) is 44.6 Å². The third-order valence-corrected chi connectivity index (χ3v) is 6.27. The molecule has 8 heteroatoms. The van der Waals surface area contributed by atoms with Gasteiger partial charge in [0.1, 0.15) is 6.04 Å². The second-order valence-electron chi connectivity index (χ2n) is 7.62. The summed E-state index contributed by atoms with van der Waals surface area (Å²) in [7, 11) is 0. The topological polar surface area (TPSA) is 101 Å². The Bertz CT molecular complexity index is 922. The zero-order chi connectivity index (χ0) is 20.8. The number of carbonyl (C=O) groups excluding carboxylic acids is 1. The van der Waals surface area contributed by atoms with Crippen LogP contribution in [0.5, 0.6) is 0 Å². The number of nitrogens with zero attached hydrogens (tertiary/aromatic N) is 2. The molecule has 1 aliphatic carbocycles. The molecule has 1 aromatic heterocycles. The monoisotopic (exact) mass is 417 g/mol. The Hall–Kier alpha value is -2.35. The van der Waals surface area contributed by atoms with E-state index < -0.39 is 12.0 Å². The summed E-state index contributed by atoms with van der Waals surface area (Å²) in [5.41, 5.74) is 0.664. The lowest BCUT2D eigenvalue weighted by Gasteiger charge is -2.29.